The maximum absolute atomic E-state index is 11.3. The van der Waals surface area contributed by atoms with Gasteiger partial charge in [0.25, 0.3) is 10.1 Å². The topological polar surface area (TPSA) is 81.1 Å². The third-order valence-electron chi connectivity index (χ3n) is 2.51. The van der Waals surface area contributed by atoms with Gasteiger partial charge >= 0.3 is 0 Å². The second-order valence-corrected chi connectivity index (χ2v) is 6.46. The fourth-order valence-electron chi connectivity index (χ4n) is 1.80. The predicted octanol–water partition coefficient (Wildman–Crippen LogP) is 0.762. The Morgan fingerprint density at radius 1 is 1.00 bits per heavy atom. The second-order valence-electron chi connectivity index (χ2n) is 5.04. The molecule has 0 saturated heterocycles. The van der Waals surface area contributed by atoms with E-state index < -0.39 is 10.1 Å². The van der Waals surface area contributed by atoms with Crippen LogP contribution < -0.4 is 0 Å². The van der Waals surface area contributed by atoms with Crippen LogP contribution in [0.4, 0.5) is 0 Å². The van der Waals surface area contributed by atoms with Crippen molar-refractivity contribution < 1.29 is 18.1 Å². The molecule has 0 bridgehead atoms. The highest BCUT2D eigenvalue weighted by Gasteiger charge is 2.17. The third kappa shape index (κ3) is 4.46. The summed E-state index contributed by atoms with van der Waals surface area (Å²) < 4.78 is 31.7. The van der Waals surface area contributed by atoms with Gasteiger partial charge in [-0.05, 0) is 40.3 Å². The Balaban J connectivity index is 3.38. The van der Waals surface area contributed by atoms with E-state index in [4.69, 9.17) is 4.55 Å². The molecule has 1 rings (SSSR count). The zero-order valence-electron chi connectivity index (χ0n) is 11.6. The molecule has 6 nitrogen and oxygen atoms in total. The smallest absolute Gasteiger partial charge is 0.294 e. The molecule has 7 heteroatoms. The first-order chi connectivity index (χ1) is 8.61. The van der Waals surface area contributed by atoms with E-state index in [-0.39, 0.29) is 10.6 Å². The second kappa shape index (κ2) is 5.87. The van der Waals surface area contributed by atoms with Crippen molar-refractivity contribution in [1.29, 1.82) is 0 Å². The van der Waals surface area contributed by atoms with Gasteiger partial charge in [0.05, 0.1) is 4.90 Å². The molecule has 0 atom stereocenters. The number of rotatable bonds is 5. The summed E-state index contributed by atoms with van der Waals surface area (Å²) in [6.07, 6.45) is 0. The van der Waals surface area contributed by atoms with Gasteiger partial charge in [-0.2, -0.15) is 8.42 Å². The maximum atomic E-state index is 11.3. The summed E-state index contributed by atoms with van der Waals surface area (Å²) in [7, 11) is 2.96. The highest BCUT2D eigenvalue weighted by molar-refractivity contribution is 7.85. The molecule has 19 heavy (non-hydrogen) atoms. The van der Waals surface area contributed by atoms with E-state index in [1.807, 2.05) is 38.0 Å². The first-order valence-corrected chi connectivity index (χ1v) is 7.17. The summed E-state index contributed by atoms with van der Waals surface area (Å²) in [6.45, 7) is 0.769. The summed E-state index contributed by atoms with van der Waals surface area (Å²) >= 11 is 0. The number of benzene rings is 1. The van der Waals surface area contributed by atoms with Crippen LogP contribution >= 0.6 is 0 Å². The van der Waals surface area contributed by atoms with Crippen molar-refractivity contribution in [3.05, 3.63) is 23.3 Å². The summed E-state index contributed by atoms with van der Waals surface area (Å²) in [6, 6.07) is 2.59. The molecule has 0 aliphatic carbocycles. The molecular weight excluding hydrogens is 268 g/mol. The number of hydrogen-bond acceptors (Lipinski definition) is 5. The largest absolute Gasteiger partial charge is 0.507 e. The van der Waals surface area contributed by atoms with E-state index in [2.05, 4.69) is 0 Å². The molecule has 0 aliphatic rings. The van der Waals surface area contributed by atoms with Crippen molar-refractivity contribution >= 4 is 10.1 Å². The third-order valence-corrected chi connectivity index (χ3v) is 3.34. The summed E-state index contributed by atoms with van der Waals surface area (Å²) in [4.78, 5) is 3.42. The molecular formula is C12H20N2O4S. The molecule has 1 aromatic carbocycles. The van der Waals surface area contributed by atoms with Crippen LogP contribution in [0.15, 0.2) is 17.0 Å². The molecule has 0 fully saturated rings. The molecule has 0 saturated carbocycles. The van der Waals surface area contributed by atoms with E-state index >= 15 is 0 Å². The summed E-state index contributed by atoms with van der Waals surface area (Å²) in [5.41, 5.74) is 0.939. The van der Waals surface area contributed by atoms with Crippen molar-refractivity contribution in [2.75, 3.05) is 28.2 Å². The zero-order valence-corrected chi connectivity index (χ0v) is 12.4. The first-order valence-electron chi connectivity index (χ1n) is 5.73. The molecule has 2 N–H and O–H groups in total. The van der Waals surface area contributed by atoms with Gasteiger partial charge in [-0.3, -0.25) is 4.55 Å². The summed E-state index contributed by atoms with van der Waals surface area (Å²) in [5.74, 6) is 0.0646. The van der Waals surface area contributed by atoms with Gasteiger partial charge in [-0.1, -0.05) is 0 Å². The predicted molar refractivity (Wildman–Crippen MR) is 72.7 cm³/mol. The number of nitrogens with zero attached hydrogens (tertiary/aromatic N) is 2. The highest BCUT2D eigenvalue weighted by Crippen LogP contribution is 2.28. The Morgan fingerprint density at radius 2 is 1.37 bits per heavy atom. The van der Waals surface area contributed by atoms with Crippen LogP contribution in [0.25, 0.3) is 0 Å². The number of phenols is 1. The zero-order chi connectivity index (χ0) is 14.8. The fourth-order valence-corrected chi connectivity index (χ4v) is 2.38. The Morgan fingerprint density at radius 3 is 1.63 bits per heavy atom. The summed E-state index contributed by atoms with van der Waals surface area (Å²) in [5, 5.41) is 10.1. The first kappa shape index (κ1) is 15.9. The monoisotopic (exact) mass is 288 g/mol. The van der Waals surface area contributed by atoms with Crippen molar-refractivity contribution in [3.63, 3.8) is 0 Å². The van der Waals surface area contributed by atoms with Crippen LogP contribution in [0, 0.1) is 0 Å². The van der Waals surface area contributed by atoms with Crippen LogP contribution in [-0.2, 0) is 23.2 Å². The standard InChI is InChI=1S/C12H20N2O4S/c1-13(2)7-9-5-11(19(16,17)18)6-10(12(9)15)8-14(3)4/h5-6,15H,7-8H2,1-4H3,(H,16,17,18). The Hall–Kier alpha value is -1.15. The SMILES string of the molecule is CN(C)Cc1cc(S(=O)(=O)O)cc(CN(C)C)c1O. The number of hydrogen-bond donors (Lipinski definition) is 2. The molecule has 0 aromatic heterocycles. The average molecular weight is 288 g/mol. The lowest BCUT2D eigenvalue weighted by Crippen LogP contribution is -2.15. The average Bonchev–Trinajstić information content (AvgIpc) is 2.20. The van der Waals surface area contributed by atoms with E-state index in [1.54, 1.807) is 0 Å². The van der Waals surface area contributed by atoms with E-state index in [0.717, 1.165) is 0 Å². The molecule has 0 heterocycles. The lowest BCUT2D eigenvalue weighted by Gasteiger charge is -2.17. The van der Waals surface area contributed by atoms with Crippen molar-refractivity contribution in [1.82, 2.24) is 9.80 Å². The van der Waals surface area contributed by atoms with Crippen LogP contribution in [0.3, 0.4) is 0 Å². The van der Waals surface area contributed by atoms with Crippen LogP contribution in [0.1, 0.15) is 11.1 Å². The van der Waals surface area contributed by atoms with Gasteiger partial charge < -0.3 is 14.9 Å². The minimum atomic E-state index is -4.28. The van der Waals surface area contributed by atoms with E-state index in [1.165, 1.54) is 12.1 Å². The lowest BCUT2D eigenvalue weighted by atomic mass is 10.1. The molecule has 0 aliphatic heterocycles. The van der Waals surface area contributed by atoms with Crippen molar-refractivity contribution in [2.45, 2.75) is 18.0 Å². The van der Waals surface area contributed by atoms with Gasteiger partial charge in [0.1, 0.15) is 5.75 Å². The van der Waals surface area contributed by atoms with Gasteiger partial charge in [0, 0.05) is 24.2 Å². The van der Waals surface area contributed by atoms with Gasteiger partial charge in [0.15, 0.2) is 0 Å². The van der Waals surface area contributed by atoms with Gasteiger partial charge in [0.2, 0.25) is 0 Å². The molecule has 0 unspecified atom stereocenters. The lowest BCUT2D eigenvalue weighted by molar-refractivity contribution is 0.367. The van der Waals surface area contributed by atoms with Crippen LogP contribution in [0.5, 0.6) is 5.75 Å². The molecule has 0 radical (unpaired) electrons. The highest BCUT2D eigenvalue weighted by atomic mass is 32.2. The molecule has 1 aromatic rings. The number of aromatic hydroxyl groups is 1. The minimum absolute atomic E-state index is 0.0646. The quantitative estimate of drug-likeness (QED) is 0.779. The Kier molecular flexibility index (Phi) is 4.92. The van der Waals surface area contributed by atoms with Crippen LogP contribution in [-0.4, -0.2) is 56.1 Å². The Labute approximate surface area is 114 Å². The van der Waals surface area contributed by atoms with Gasteiger partial charge in [-0.15, -0.1) is 0 Å². The van der Waals surface area contributed by atoms with Gasteiger partial charge in [-0.25, -0.2) is 0 Å². The fraction of sp³-hybridized carbons (Fsp3) is 0.500. The molecule has 0 spiro atoms. The van der Waals surface area contributed by atoms with Crippen molar-refractivity contribution in [3.8, 4) is 5.75 Å². The normalized spacial score (nSPS) is 12.4. The Bertz CT molecular complexity index is 522. The number of phenolic OH excluding ortho intramolecular Hbond substituents is 1. The maximum Gasteiger partial charge on any atom is 0.294 e. The van der Waals surface area contributed by atoms with Crippen LogP contribution in [0.2, 0.25) is 0 Å². The van der Waals surface area contributed by atoms with E-state index in [9.17, 15) is 13.5 Å². The molecule has 0 amide bonds. The van der Waals surface area contributed by atoms with E-state index in [0.29, 0.717) is 24.2 Å². The minimum Gasteiger partial charge on any atom is -0.507 e. The molecule has 108 valence electrons. The van der Waals surface area contributed by atoms with Crippen molar-refractivity contribution in [2.24, 2.45) is 0 Å².